The zero-order valence-electron chi connectivity index (χ0n) is 7.53. The van der Waals surface area contributed by atoms with Crippen molar-refractivity contribution in [2.75, 3.05) is 19.6 Å². The van der Waals surface area contributed by atoms with Crippen molar-refractivity contribution in [3.05, 3.63) is 0 Å². The first-order valence-electron chi connectivity index (χ1n) is 4.18. The van der Waals surface area contributed by atoms with Crippen LogP contribution in [0.4, 0.5) is 0 Å². The zero-order valence-corrected chi connectivity index (χ0v) is 7.53. The second-order valence-corrected chi connectivity index (χ2v) is 2.57. The zero-order chi connectivity index (χ0) is 9.94. The second-order valence-electron chi connectivity index (χ2n) is 2.57. The van der Waals surface area contributed by atoms with Gasteiger partial charge in [-0.3, -0.25) is 0 Å². The Labute approximate surface area is 78.6 Å². The lowest BCUT2D eigenvalue weighted by molar-refractivity contribution is 0.293. The maximum absolute atomic E-state index is 8.36. The molecule has 0 aromatic rings. The molecular weight excluding hydrogens is 164 g/mol. The predicted molar refractivity (Wildman–Crippen MR) is 47.1 cm³/mol. The van der Waals surface area contributed by atoms with E-state index >= 15 is 0 Å². The Morgan fingerprint density at radius 1 is 0.692 bits per heavy atom. The van der Waals surface area contributed by atoms with Crippen LogP contribution in [0, 0.1) is 34.0 Å². The van der Waals surface area contributed by atoms with Crippen molar-refractivity contribution < 1.29 is 0 Å². The summed E-state index contributed by atoms with van der Waals surface area (Å²) in [6.07, 6.45) is 1.37. The van der Waals surface area contributed by atoms with E-state index in [4.69, 9.17) is 15.8 Å². The molecule has 0 amide bonds. The molecule has 0 heterocycles. The second kappa shape index (κ2) is 8.53. The molecule has 0 rings (SSSR count). The highest BCUT2D eigenvalue weighted by atomic mass is 15.1. The van der Waals surface area contributed by atoms with Crippen molar-refractivity contribution in [2.45, 2.75) is 19.3 Å². The van der Waals surface area contributed by atoms with Crippen LogP contribution in [0.15, 0.2) is 0 Å². The summed E-state index contributed by atoms with van der Waals surface area (Å²) in [5.74, 6) is 0. The first kappa shape index (κ1) is 11.4. The van der Waals surface area contributed by atoms with E-state index in [0.29, 0.717) is 38.9 Å². The summed E-state index contributed by atoms with van der Waals surface area (Å²) in [5, 5.41) is 25.1. The van der Waals surface area contributed by atoms with Gasteiger partial charge in [0.05, 0.1) is 18.2 Å². The number of nitrogens with zero attached hydrogens (tertiary/aromatic N) is 4. The predicted octanol–water partition coefficient (Wildman–Crippen LogP) is 1.03. The molecule has 0 unspecified atom stereocenters. The van der Waals surface area contributed by atoms with Crippen molar-refractivity contribution in [1.82, 2.24) is 4.90 Å². The summed E-state index contributed by atoms with van der Waals surface area (Å²) < 4.78 is 0. The molecule has 0 atom stereocenters. The first-order chi connectivity index (χ1) is 6.35. The molecule has 0 aliphatic heterocycles. The van der Waals surface area contributed by atoms with Crippen LogP contribution in [0.5, 0.6) is 0 Å². The molecule has 4 nitrogen and oxygen atoms in total. The summed E-state index contributed by atoms with van der Waals surface area (Å²) in [6, 6.07) is 6.13. The molecule has 0 aromatic carbocycles. The topological polar surface area (TPSA) is 74.6 Å². The van der Waals surface area contributed by atoms with E-state index in [0.717, 1.165) is 0 Å². The van der Waals surface area contributed by atoms with Crippen LogP contribution in [0.3, 0.4) is 0 Å². The Morgan fingerprint density at radius 3 is 1.23 bits per heavy atom. The molecule has 13 heavy (non-hydrogen) atoms. The van der Waals surface area contributed by atoms with Gasteiger partial charge in [-0.2, -0.15) is 15.8 Å². The molecule has 0 spiro atoms. The SMILES string of the molecule is N#CCCN(CCC#N)CCC#N. The van der Waals surface area contributed by atoms with E-state index in [1.807, 2.05) is 23.1 Å². The molecule has 68 valence electrons. The maximum Gasteiger partial charge on any atom is 0.0635 e. The summed E-state index contributed by atoms with van der Waals surface area (Å²) in [6.45, 7) is 1.96. The van der Waals surface area contributed by atoms with Gasteiger partial charge in [-0.1, -0.05) is 0 Å². The van der Waals surface area contributed by atoms with Gasteiger partial charge < -0.3 is 4.90 Å². The molecule has 0 aromatic heterocycles. The van der Waals surface area contributed by atoms with Crippen molar-refractivity contribution in [1.29, 1.82) is 15.8 Å². The third kappa shape index (κ3) is 6.81. The van der Waals surface area contributed by atoms with Gasteiger partial charge in [0.2, 0.25) is 0 Å². The van der Waals surface area contributed by atoms with Gasteiger partial charge in [-0.15, -0.1) is 0 Å². The Kier molecular flexibility index (Phi) is 7.50. The summed E-state index contributed by atoms with van der Waals surface area (Å²) in [7, 11) is 0. The molecule has 0 N–H and O–H groups in total. The minimum atomic E-state index is 0.455. The van der Waals surface area contributed by atoms with Crippen LogP contribution >= 0.6 is 0 Å². The number of hydrogen-bond donors (Lipinski definition) is 0. The van der Waals surface area contributed by atoms with E-state index in [1.165, 1.54) is 0 Å². The van der Waals surface area contributed by atoms with Crippen molar-refractivity contribution >= 4 is 0 Å². The highest BCUT2D eigenvalue weighted by molar-refractivity contribution is 4.79. The largest absolute Gasteiger partial charge is 0.300 e. The van der Waals surface area contributed by atoms with E-state index in [-0.39, 0.29) is 0 Å². The van der Waals surface area contributed by atoms with Crippen LogP contribution in [0.2, 0.25) is 0 Å². The lowest BCUT2D eigenvalue weighted by atomic mass is 10.3. The van der Waals surface area contributed by atoms with Gasteiger partial charge in [0, 0.05) is 38.9 Å². The van der Waals surface area contributed by atoms with Gasteiger partial charge in [-0.25, -0.2) is 0 Å². The third-order valence-electron chi connectivity index (χ3n) is 1.62. The normalized spacial score (nSPS) is 8.77. The molecule has 0 saturated carbocycles. The van der Waals surface area contributed by atoms with Gasteiger partial charge in [0.25, 0.3) is 0 Å². The maximum atomic E-state index is 8.36. The lowest BCUT2D eigenvalue weighted by Crippen LogP contribution is -2.26. The molecule has 0 saturated heterocycles. The summed E-state index contributed by atoms with van der Waals surface area (Å²) >= 11 is 0. The van der Waals surface area contributed by atoms with E-state index in [9.17, 15) is 0 Å². The number of nitriles is 3. The average molecular weight is 176 g/mol. The molecule has 0 fully saturated rings. The van der Waals surface area contributed by atoms with Crippen molar-refractivity contribution in [2.24, 2.45) is 0 Å². The van der Waals surface area contributed by atoms with E-state index in [1.54, 1.807) is 0 Å². The standard InChI is InChI=1S/C9H12N4/c10-4-1-7-13(8-2-5-11)9-3-6-12/h1-3,7-9H2. The van der Waals surface area contributed by atoms with Crippen LogP contribution in [0.25, 0.3) is 0 Å². The fraction of sp³-hybridized carbons (Fsp3) is 0.667. The first-order valence-corrected chi connectivity index (χ1v) is 4.18. The van der Waals surface area contributed by atoms with E-state index in [2.05, 4.69) is 0 Å². The van der Waals surface area contributed by atoms with Gasteiger partial charge in [0.1, 0.15) is 0 Å². The van der Waals surface area contributed by atoms with Crippen molar-refractivity contribution in [3.8, 4) is 18.2 Å². The molecular formula is C9H12N4. The molecule has 0 radical (unpaired) electrons. The Balaban J connectivity index is 3.70. The average Bonchev–Trinajstić information content (AvgIpc) is 2.17. The van der Waals surface area contributed by atoms with Gasteiger partial charge in [0.15, 0.2) is 0 Å². The molecule has 0 bridgehead atoms. The van der Waals surface area contributed by atoms with Crippen molar-refractivity contribution in [3.63, 3.8) is 0 Å². The van der Waals surface area contributed by atoms with Gasteiger partial charge >= 0.3 is 0 Å². The van der Waals surface area contributed by atoms with Crippen LogP contribution in [0.1, 0.15) is 19.3 Å². The van der Waals surface area contributed by atoms with Crippen LogP contribution in [-0.4, -0.2) is 24.5 Å². The quantitative estimate of drug-likeness (QED) is 0.605. The monoisotopic (exact) mass is 176 g/mol. The molecule has 4 heteroatoms. The lowest BCUT2D eigenvalue weighted by Gasteiger charge is -2.17. The highest BCUT2D eigenvalue weighted by Gasteiger charge is 2.02. The number of rotatable bonds is 6. The Hall–Kier alpha value is -1.57. The summed E-state index contributed by atoms with van der Waals surface area (Å²) in [5.41, 5.74) is 0. The minimum Gasteiger partial charge on any atom is -0.300 e. The number of hydrogen-bond acceptors (Lipinski definition) is 4. The fourth-order valence-corrected chi connectivity index (χ4v) is 0.960. The molecule has 0 aliphatic carbocycles. The molecule has 0 aliphatic rings. The van der Waals surface area contributed by atoms with Gasteiger partial charge in [-0.05, 0) is 0 Å². The van der Waals surface area contributed by atoms with E-state index < -0.39 is 0 Å². The fourth-order valence-electron chi connectivity index (χ4n) is 0.960. The highest BCUT2D eigenvalue weighted by Crippen LogP contribution is 1.95. The van der Waals surface area contributed by atoms with Crippen LogP contribution in [-0.2, 0) is 0 Å². The third-order valence-corrected chi connectivity index (χ3v) is 1.62. The smallest absolute Gasteiger partial charge is 0.0635 e. The van der Waals surface area contributed by atoms with Crippen LogP contribution < -0.4 is 0 Å². The Bertz CT molecular complexity index is 197. The summed E-state index contributed by atoms with van der Waals surface area (Å²) in [4.78, 5) is 1.97. The Morgan fingerprint density at radius 2 is 1.00 bits per heavy atom. The minimum absolute atomic E-state index is 0.455.